The van der Waals surface area contributed by atoms with Crippen molar-refractivity contribution in [2.75, 3.05) is 18.8 Å². The minimum atomic E-state index is 0.146. The van der Waals surface area contributed by atoms with E-state index in [0.717, 1.165) is 18.8 Å². The fraction of sp³-hybridized carbons (Fsp3) is 0.562. The number of aryl methyl sites for hydroxylation is 1. The zero-order valence-electron chi connectivity index (χ0n) is 12.5. The van der Waals surface area contributed by atoms with E-state index in [1.54, 1.807) is 11.8 Å². The van der Waals surface area contributed by atoms with Gasteiger partial charge in [0.2, 0.25) is 5.91 Å². The normalized spacial score (nSPS) is 22.9. The topological polar surface area (TPSA) is 29.5 Å². The van der Waals surface area contributed by atoms with E-state index in [-0.39, 0.29) is 18.1 Å². The predicted molar refractivity (Wildman–Crippen MR) is 83.1 cm³/mol. The van der Waals surface area contributed by atoms with E-state index >= 15 is 0 Å². The van der Waals surface area contributed by atoms with Gasteiger partial charge in [-0.1, -0.05) is 17.7 Å². The van der Waals surface area contributed by atoms with Crippen LogP contribution in [0.25, 0.3) is 0 Å². The zero-order chi connectivity index (χ0) is 14.5. The first-order valence-electron chi connectivity index (χ1n) is 7.17. The number of carbonyl (C=O) groups is 1. The smallest absolute Gasteiger partial charge is 0.223 e. The van der Waals surface area contributed by atoms with Gasteiger partial charge in [-0.3, -0.25) is 4.79 Å². The maximum Gasteiger partial charge on any atom is 0.223 e. The van der Waals surface area contributed by atoms with E-state index in [4.69, 9.17) is 4.74 Å². The van der Waals surface area contributed by atoms with E-state index < -0.39 is 0 Å². The van der Waals surface area contributed by atoms with Crippen molar-refractivity contribution < 1.29 is 9.53 Å². The first-order valence-corrected chi connectivity index (χ1v) is 8.16. The van der Waals surface area contributed by atoms with Crippen molar-refractivity contribution in [1.82, 2.24) is 4.90 Å². The molecule has 0 bridgehead atoms. The third kappa shape index (κ3) is 4.53. The summed E-state index contributed by atoms with van der Waals surface area (Å²) in [5, 5.41) is 0. The van der Waals surface area contributed by atoms with Gasteiger partial charge in [0.25, 0.3) is 0 Å². The minimum absolute atomic E-state index is 0.146. The summed E-state index contributed by atoms with van der Waals surface area (Å²) >= 11 is 1.74. The summed E-state index contributed by atoms with van der Waals surface area (Å²) in [6.07, 6.45) is 0.887. The quantitative estimate of drug-likeness (QED) is 0.799. The van der Waals surface area contributed by atoms with Gasteiger partial charge in [-0.15, -0.1) is 11.8 Å². The molecular formula is C16H23NO2S. The molecular weight excluding hydrogens is 270 g/mol. The van der Waals surface area contributed by atoms with E-state index in [1.165, 1.54) is 10.5 Å². The Labute approximate surface area is 125 Å². The first-order chi connectivity index (χ1) is 9.54. The molecule has 0 aliphatic carbocycles. The zero-order valence-corrected chi connectivity index (χ0v) is 13.3. The molecule has 1 aliphatic heterocycles. The highest BCUT2D eigenvalue weighted by atomic mass is 32.2. The molecule has 2 atom stereocenters. The molecule has 1 aromatic carbocycles. The van der Waals surface area contributed by atoms with E-state index in [2.05, 4.69) is 31.2 Å². The fourth-order valence-corrected chi connectivity index (χ4v) is 3.27. The highest BCUT2D eigenvalue weighted by Gasteiger charge is 2.25. The number of amides is 1. The van der Waals surface area contributed by atoms with E-state index in [1.807, 2.05) is 18.7 Å². The molecule has 0 N–H and O–H groups in total. The Morgan fingerprint density at radius 3 is 2.45 bits per heavy atom. The SMILES string of the molecule is Cc1ccc(SCCC(=O)N2C[C@H](C)O[C@@H](C)C2)cc1. The second-order valence-corrected chi connectivity index (χ2v) is 6.64. The van der Waals surface area contributed by atoms with Crippen molar-refractivity contribution >= 4 is 17.7 Å². The number of rotatable bonds is 4. The Morgan fingerprint density at radius 1 is 1.25 bits per heavy atom. The number of hydrogen-bond donors (Lipinski definition) is 0. The van der Waals surface area contributed by atoms with Crippen LogP contribution in [0.5, 0.6) is 0 Å². The number of benzene rings is 1. The molecule has 0 radical (unpaired) electrons. The molecule has 3 nitrogen and oxygen atoms in total. The Kier molecular flexibility index (Phi) is 5.49. The van der Waals surface area contributed by atoms with Crippen molar-refractivity contribution in [3.05, 3.63) is 29.8 Å². The van der Waals surface area contributed by atoms with Gasteiger partial charge in [0.05, 0.1) is 12.2 Å². The summed E-state index contributed by atoms with van der Waals surface area (Å²) in [4.78, 5) is 15.4. The number of hydrogen-bond acceptors (Lipinski definition) is 3. The molecule has 20 heavy (non-hydrogen) atoms. The molecule has 0 aromatic heterocycles. The molecule has 4 heteroatoms. The second kappa shape index (κ2) is 7.14. The number of morpholine rings is 1. The summed E-state index contributed by atoms with van der Waals surface area (Å²) in [5.41, 5.74) is 1.27. The summed E-state index contributed by atoms with van der Waals surface area (Å²) < 4.78 is 5.65. The van der Waals surface area contributed by atoms with Gasteiger partial charge in [0, 0.05) is 30.2 Å². The number of ether oxygens (including phenoxy) is 1. The van der Waals surface area contributed by atoms with Crippen molar-refractivity contribution in [2.45, 2.75) is 44.3 Å². The number of nitrogens with zero attached hydrogens (tertiary/aromatic N) is 1. The van der Waals surface area contributed by atoms with Gasteiger partial charge in [0.1, 0.15) is 0 Å². The van der Waals surface area contributed by atoms with Crippen LogP contribution < -0.4 is 0 Å². The summed E-state index contributed by atoms with van der Waals surface area (Å²) in [6.45, 7) is 7.57. The average molecular weight is 293 g/mol. The van der Waals surface area contributed by atoms with Crippen LogP contribution in [0.4, 0.5) is 0 Å². The van der Waals surface area contributed by atoms with Crippen molar-refractivity contribution in [3.63, 3.8) is 0 Å². The molecule has 1 saturated heterocycles. The maximum atomic E-state index is 12.2. The molecule has 0 saturated carbocycles. The number of thioether (sulfide) groups is 1. The molecule has 1 fully saturated rings. The first kappa shape index (κ1) is 15.4. The minimum Gasteiger partial charge on any atom is -0.372 e. The third-order valence-electron chi connectivity index (χ3n) is 3.38. The molecule has 0 unspecified atom stereocenters. The molecule has 110 valence electrons. The summed E-state index contributed by atoms with van der Waals surface area (Å²) in [6, 6.07) is 8.44. The van der Waals surface area contributed by atoms with Crippen LogP contribution in [0.3, 0.4) is 0 Å². The Balaban J connectivity index is 1.76. The molecule has 0 spiro atoms. The standard InChI is InChI=1S/C16H23NO2S/c1-12-4-6-15(7-5-12)20-9-8-16(18)17-10-13(2)19-14(3)11-17/h4-7,13-14H,8-11H2,1-3H3/t13-,14-/m0/s1. The lowest BCUT2D eigenvalue weighted by Crippen LogP contribution is -2.48. The highest BCUT2D eigenvalue weighted by Crippen LogP contribution is 2.20. The van der Waals surface area contributed by atoms with E-state index in [0.29, 0.717) is 6.42 Å². The van der Waals surface area contributed by atoms with Gasteiger partial charge in [0.15, 0.2) is 0 Å². The maximum absolute atomic E-state index is 12.2. The van der Waals surface area contributed by atoms with Crippen LogP contribution in [-0.4, -0.2) is 41.9 Å². The second-order valence-electron chi connectivity index (χ2n) is 5.47. The van der Waals surface area contributed by atoms with Gasteiger partial charge < -0.3 is 9.64 Å². The lowest BCUT2D eigenvalue weighted by Gasteiger charge is -2.35. The molecule has 1 heterocycles. The van der Waals surface area contributed by atoms with Crippen LogP contribution in [0, 0.1) is 6.92 Å². The van der Waals surface area contributed by atoms with Gasteiger partial charge in [-0.25, -0.2) is 0 Å². The number of carbonyl (C=O) groups excluding carboxylic acids is 1. The van der Waals surface area contributed by atoms with Gasteiger partial charge >= 0.3 is 0 Å². The van der Waals surface area contributed by atoms with Crippen LogP contribution >= 0.6 is 11.8 Å². The van der Waals surface area contributed by atoms with Crippen LogP contribution in [-0.2, 0) is 9.53 Å². The van der Waals surface area contributed by atoms with E-state index in [9.17, 15) is 4.79 Å². The van der Waals surface area contributed by atoms with Gasteiger partial charge in [-0.2, -0.15) is 0 Å². The fourth-order valence-electron chi connectivity index (χ4n) is 2.43. The van der Waals surface area contributed by atoms with Gasteiger partial charge in [-0.05, 0) is 32.9 Å². The lowest BCUT2D eigenvalue weighted by molar-refractivity contribution is -0.142. The van der Waals surface area contributed by atoms with Crippen LogP contribution in [0.1, 0.15) is 25.8 Å². The molecule has 2 rings (SSSR count). The Morgan fingerprint density at radius 2 is 1.85 bits per heavy atom. The summed E-state index contributed by atoms with van der Waals surface area (Å²) in [7, 11) is 0. The lowest BCUT2D eigenvalue weighted by atomic mass is 10.2. The Bertz CT molecular complexity index is 436. The van der Waals surface area contributed by atoms with Crippen LogP contribution in [0.15, 0.2) is 29.2 Å². The predicted octanol–water partition coefficient (Wildman–Crippen LogP) is 3.11. The highest BCUT2D eigenvalue weighted by molar-refractivity contribution is 7.99. The largest absolute Gasteiger partial charge is 0.372 e. The summed E-state index contributed by atoms with van der Waals surface area (Å²) in [5.74, 6) is 1.08. The van der Waals surface area contributed by atoms with Crippen molar-refractivity contribution in [2.24, 2.45) is 0 Å². The molecule has 1 aliphatic rings. The van der Waals surface area contributed by atoms with Crippen LogP contribution in [0.2, 0.25) is 0 Å². The van der Waals surface area contributed by atoms with Crippen molar-refractivity contribution in [3.8, 4) is 0 Å². The van der Waals surface area contributed by atoms with Crippen molar-refractivity contribution in [1.29, 1.82) is 0 Å². The average Bonchev–Trinajstić information content (AvgIpc) is 2.40. The molecule has 1 amide bonds. The monoisotopic (exact) mass is 293 g/mol. The third-order valence-corrected chi connectivity index (χ3v) is 4.39. The Hall–Kier alpha value is -1.00. The molecule has 1 aromatic rings.